The highest BCUT2D eigenvalue weighted by Crippen LogP contribution is 2.09. The highest BCUT2D eigenvalue weighted by Gasteiger charge is 2.08. The Morgan fingerprint density at radius 1 is 1.26 bits per heavy atom. The molecule has 1 aromatic carbocycles. The molecule has 0 bridgehead atoms. The molecule has 0 aliphatic carbocycles. The van der Waals surface area contributed by atoms with E-state index in [4.69, 9.17) is 5.73 Å². The number of nitrogens with one attached hydrogen (secondary N) is 2. The zero-order chi connectivity index (χ0) is 14.3. The lowest BCUT2D eigenvalue weighted by atomic mass is 10.1. The molecule has 0 fully saturated rings. The number of amides is 2. The molecule has 104 valence electrons. The number of hydrogen-bond acceptors (Lipinski definition) is 3. The second kappa shape index (κ2) is 7.41. The van der Waals surface area contributed by atoms with Crippen molar-refractivity contribution in [1.29, 1.82) is 0 Å². The van der Waals surface area contributed by atoms with Crippen molar-refractivity contribution in [2.24, 2.45) is 5.73 Å². The predicted octanol–water partition coefficient (Wildman–Crippen LogP) is 1.50. The summed E-state index contributed by atoms with van der Waals surface area (Å²) in [6.45, 7) is 4.26. The minimum atomic E-state index is -0.481. The summed E-state index contributed by atoms with van der Waals surface area (Å²) < 4.78 is 0. The lowest BCUT2D eigenvalue weighted by Gasteiger charge is -2.15. The van der Waals surface area contributed by atoms with Gasteiger partial charge in [0.25, 0.3) is 0 Å². The molecule has 1 aromatic rings. The smallest absolute Gasteiger partial charge is 0.248 e. The van der Waals surface area contributed by atoms with E-state index < -0.39 is 5.91 Å². The van der Waals surface area contributed by atoms with Crippen LogP contribution in [0.25, 0.3) is 0 Å². The standard InChI is InChI=1S/C14H21N3O2/c1-3-11(4-2)17-13(18)9-16-12-7-5-6-10(8-12)14(15)19/h5-8,11,16H,3-4,9H2,1-2H3,(H2,15,19)(H,17,18). The van der Waals surface area contributed by atoms with E-state index in [0.717, 1.165) is 12.8 Å². The van der Waals surface area contributed by atoms with Crippen molar-refractivity contribution in [3.8, 4) is 0 Å². The van der Waals surface area contributed by atoms with Crippen molar-refractivity contribution < 1.29 is 9.59 Å². The first-order valence-corrected chi connectivity index (χ1v) is 6.49. The van der Waals surface area contributed by atoms with Gasteiger partial charge in [-0.05, 0) is 31.0 Å². The van der Waals surface area contributed by atoms with E-state index in [9.17, 15) is 9.59 Å². The summed E-state index contributed by atoms with van der Waals surface area (Å²) in [6.07, 6.45) is 1.83. The molecule has 0 aliphatic rings. The number of nitrogens with two attached hydrogens (primary N) is 1. The van der Waals surface area contributed by atoms with Crippen LogP contribution in [0.5, 0.6) is 0 Å². The summed E-state index contributed by atoms with van der Waals surface area (Å²) in [6, 6.07) is 6.99. The fourth-order valence-electron chi connectivity index (χ4n) is 1.74. The van der Waals surface area contributed by atoms with Crippen molar-refractivity contribution >= 4 is 17.5 Å². The number of carbonyl (C=O) groups excluding carboxylic acids is 2. The topological polar surface area (TPSA) is 84.2 Å². The van der Waals surface area contributed by atoms with Gasteiger partial charge < -0.3 is 16.4 Å². The monoisotopic (exact) mass is 263 g/mol. The van der Waals surface area contributed by atoms with Crippen LogP contribution in [0.1, 0.15) is 37.0 Å². The Balaban J connectivity index is 2.50. The third kappa shape index (κ3) is 4.99. The molecule has 0 atom stereocenters. The second-order valence-corrected chi connectivity index (χ2v) is 4.38. The van der Waals surface area contributed by atoms with Crippen molar-refractivity contribution in [2.45, 2.75) is 32.7 Å². The number of hydrogen-bond donors (Lipinski definition) is 3. The van der Waals surface area contributed by atoms with Gasteiger partial charge in [-0.15, -0.1) is 0 Å². The highest BCUT2D eigenvalue weighted by molar-refractivity contribution is 5.93. The van der Waals surface area contributed by atoms with E-state index in [1.54, 1.807) is 24.3 Å². The van der Waals surface area contributed by atoms with Crippen LogP contribution in [0.3, 0.4) is 0 Å². The number of anilines is 1. The SMILES string of the molecule is CCC(CC)NC(=O)CNc1cccc(C(N)=O)c1. The summed E-state index contributed by atoms with van der Waals surface area (Å²) in [5.41, 5.74) is 6.32. The molecule has 0 spiro atoms. The minimum Gasteiger partial charge on any atom is -0.376 e. The number of primary amides is 1. The highest BCUT2D eigenvalue weighted by atomic mass is 16.2. The first-order chi connectivity index (χ1) is 9.06. The van der Waals surface area contributed by atoms with E-state index in [0.29, 0.717) is 11.3 Å². The fraction of sp³-hybridized carbons (Fsp3) is 0.429. The Bertz CT molecular complexity index is 442. The summed E-state index contributed by atoms with van der Waals surface area (Å²) in [4.78, 5) is 22.7. The van der Waals surface area contributed by atoms with Gasteiger partial charge in [0.2, 0.25) is 11.8 Å². The summed E-state index contributed by atoms with van der Waals surface area (Å²) in [5, 5.41) is 5.90. The van der Waals surface area contributed by atoms with Crippen LogP contribution in [0.2, 0.25) is 0 Å². The third-order valence-corrected chi connectivity index (χ3v) is 2.95. The second-order valence-electron chi connectivity index (χ2n) is 4.38. The van der Waals surface area contributed by atoms with Crippen LogP contribution in [0.15, 0.2) is 24.3 Å². The van der Waals surface area contributed by atoms with E-state index in [1.807, 2.05) is 13.8 Å². The Hall–Kier alpha value is -2.04. The molecule has 5 heteroatoms. The molecular weight excluding hydrogens is 242 g/mol. The summed E-state index contributed by atoms with van der Waals surface area (Å²) in [5.74, 6) is -0.539. The van der Waals surface area contributed by atoms with Crippen molar-refractivity contribution in [2.75, 3.05) is 11.9 Å². The van der Waals surface area contributed by atoms with Crippen LogP contribution in [0, 0.1) is 0 Å². The van der Waals surface area contributed by atoms with Gasteiger partial charge in [0.1, 0.15) is 0 Å². The predicted molar refractivity (Wildman–Crippen MR) is 76.0 cm³/mol. The average Bonchev–Trinajstić information content (AvgIpc) is 2.42. The van der Waals surface area contributed by atoms with Gasteiger partial charge in [-0.1, -0.05) is 19.9 Å². The average molecular weight is 263 g/mol. The third-order valence-electron chi connectivity index (χ3n) is 2.95. The molecule has 19 heavy (non-hydrogen) atoms. The van der Waals surface area contributed by atoms with Gasteiger partial charge >= 0.3 is 0 Å². The zero-order valence-electron chi connectivity index (χ0n) is 11.4. The normalized spacial score (nSPS) is 10.3. The molecule has 0 heterocycles. The Morgan fingerprint density at radius 3 is 2.53 bits per heavy atom. The van der Waals surface area contributed by atoms with E-state index >= 15 is 0 Å². The van der Waals surface area contributed by atoms with Crippen molar-refractivity contribution in [1.82, 2.24) is 5.32 Å². The van der Waals surface area contributed by atoms with Crippen molar-refractivity contribution in [3.63, 3.8) is 0 Å². The Morgan fingerprint density at radius 2 is 1.95 bits per heavy atom. The van der Waals surface area contributed by atoms with Gasteiger partial charge in [0.05, 0.1) is 6.54 Å². The lowest BCUT2D eigenvalue weighted by molar-refractivity contribution is -0.120. The molecule has 0 saturated heterocycles. The Kier molecular flexibility index (Phi) is 5.85. The van der Waals surface area contributed by atoms with E-state index in [-0.39, 0.29) is 18.5 Å². The first kappa shape index (κ1) is 15.0. The summed E-state index contributed by atoms with van der Waals surface area (Å²) in [7, 11) is 0. The zero-order valence-corrected chi connectivity index (χ0v) is 11.4. The van der Waals surface area contributed by atoms with Crippen LogP contribution in [-0.4, -0.2) is 24.4 Å². The molecule has 0 aliphatic heterocycles. The van der Waals surface area contributed by atoms with Gasteiger partial charge in [-0.3, -0.25) is 9.59 Å². The number of benzene rings is 1. The maximum absolute atomic E-state index is 11.7. The fourth-order valence-corrected chi connectivity index (χ4v) is 1.74. The largest absolute Gasteiger partial charge is 0.376 e. The van der Waals surface area contributed by atoms with E-state index in [1.165, 1.54) is 0 Å². The van der Waals surface area contributed by atoms with Crippen LogP contribution >= 0.6 is 0 Å². The summed E-state index contributed by atoms with van der Waals surface area (Å²) >= 11 is 0. The van der Waals surface area contributed by atoms with Gasteiger partial charge in [-0.25, -0.2) is 0 Å². The van der Waals surface area contributed by atoms with Crippen LogP contribution in [0.4, 0.5) is 5.69 Å². The number of carbonyl (C=O) groups is 2. The molecule has 0 saturated carbocycles. The van der Waals surface area contributed by atoms with Crippen LogP contribution in [-0.2, 0) is 4.79 Å². The number of rotatable bonds is 7. The molecular formula is C14H21N3O2. The maximum atomic E-state index is 11.7. The molecule has 5 nitrogen and oxygen atoms in total. The molecule has 2 amide bonds. The van der Waals surface area contributed by atoms with Crippen molar-refractivity contribution in [3.05, 3.63) is 29.8 Å². The first-order valence-electron chi connectivity index (χ1n) is 6.49. The molecule has 0 unspecified atom stereocenters. The molecule has 0 radical (unpaired) electrons. The quantitative estimate of drug-likeness (QED) is 0.697. The molecule has 4 N–H and O–H groups in total. The van der Waals surface area contributed by atoms with Gasteiger partial charge in [0.15, 0.2) is 0 Å². The minimum absolute atomic E-state index is 0.0572. The van der Waals surface area contributed by atoms with Gasteiger partial charge in [-0.2, -0.15) is 0 Å². The molecule has 1 rings (SSSR count). The maximum Gasteiger partial charge on any atom is 0.248 e. The van der Waals surface area contributed by atoms with Gasteiger partial charge in [0, 0.05) is 17.3 Å². The molecule has 0 aromatic heterocycles. The van der Waals surface area contributed by atoms with Crippen LogP contribution < -0.4 is 16.4 Å². The van der Waals surface area contributed by atoms with E-state index in [2.05, 4.69) is 10.6 Å². The Labute approximate surface area is 113 Å². The lowest BCUT2D eigenvalue weighted by Crippen LogP contribution is -2.37.